The molecule has 1 saturated carbocycles. The van der Waals surface area contributed by atoms with Crippen LogP contribution in [-0.4, -0.2) is 36.7 Å². The van der Waals surface area contributed by atoms with Crippen LogP contribution in [0.4, 0.5) is 5.82 Å². The number of halogens is 2. The summed E-state index contributed by atoms with van der Waals surface area (Å²) in [5.41, 5.74) is 0. The molecule has 2 atom stereocenters. The monoisotopic (exact) mass is 338 g/mol. The average Bonchev–Trinajstić information content (AvgIpc) is 2.32. The van der Waals surface area contributed by atoms with Gasteiger partial charge in [-0.05, 0) is 37.3 Å². The van der Waals surface area contributed by atoms with Crippen molar-refractivity contribution in [2.45, 2.75) is 37.8 Å². The summed E-state index contributed by atoms with van der Waals surface area (Å²) in [5, 5.41) is 3.72. The highest BCUT2D eigenvalue weighted by atomic mass is 35.5. The van der Waals surface area contributed by atoms with Gasteiger partial charge in [-0.25, -0.2) is 18.1 Å². The third-order valence-corrected chi connectivity index (χ3v) is 4.33. The molecular formula is C11H16Cl2N4O2S. The van der Waals surface area contributed by atoms with E-state index in [9.17, 15) is 8.42 Å². The second-order valence-electron chi connectivity index (χ2n) is 4.93. The van der Waals surface area contributed by atoms with Gasteiger partial charge in [-0.1, -0.05) is 11.6 Å². The van der Waals surface area contributed by atoms with Crippen molar-refractivity contribution in [2.24, 2.45) is 0 Å². The largest absolute Gasteiger partial charge is 0.366 e. The van der Waals surface area contributed by atoms with Gasteiger partial charge in [-0.15, -0.1) is 0 Å². The molecule has 0 unspecified atom stereocenters. The highest BCUT2D eigenvalue weighted by molar-refractivity contribution is 7.88. The number of nitrogens with one attached hydrogen (secondary N) is 2. The summed E-state index contributed by atoms with van der Waals surface area (Å²) in [6, 6.07) is 0.0406. The predicted octanol–water partition coefficient (Wildman–Crippen LogP) is 2.06. The number of hydrogen-bond acceptors (Lipinski definition) is 5. The molecule has 2 N–H and O–H groups in total. The average molecular weight is 339 g/mol. The fourth-order valence-electron chi connectivity index (χ4n) is 2.37. The minimum atomic E-state index is -3.19. The molecule has 1 aromatic rings. The Kier molecular flexibility index (Phi) is 5.06. The van der Waals surface area contributed by atoms with Crippen molar-refractivity contribution in [1.29, 1.82) is 0 Å². The van der Waals surface area contributed by atoms with E-state index in [0.717, 1.165) is 19.3 Å². The third kappa shape index (κ3) is 4.73. The van der Waals surface area contributed by atoms with Crippen molar-refractivity contribution in [3.8, 4) is 0 Å². The van der Waals surface area contributed by atoms with Crippen LogP contribution in [0.15, 0.2) is 6.20 Å². The van der Waals surface area contributed by atoms with Crippen LogP contribution >= 0.6 is 23.2 Å². The van der Waals surface area contributed by atoms with Crippen LogP contribution in [0.1, 0.15) is 25.7 Å². The van der Waals surface area contributed by atoms with Gasteiger partial charge in [0.25, 0.3) is 0 Å². The van der Waals surface area contributed by atoms with Crippen molar-refractivity contribution < 1.29 is 8.42 Å². The lowest BCUT2D eigenvalue weighted by atomic mass is 9.91. The van der Waals surface area contributed by atoms with Crippen LogP contribution in [0.3, 0.4) is 0 Å². The Morgan fingerprint density at radius 3 is 2.70 bits per heavy atom. The molecule has 6 nitrogen and oxygen atoms in total. The quantitative estimate of drug-likeness (QED) is 0.821. The molecule has 1 heterocycles. The number of sulfonamides is 1. The van der Waals surface area contributed by atoms with Gasteiger partial charge in [0, 0.05) is 12.1 Å². The second kappa shape index (κ2) is 6.43. The topological polar surface area (TPSA) is 84.0 Å². The first kappa shape index (κ1) is 15.8. The van der Waals surface area contributed by atoms with E-state index in [1.54, 1.807) is 0 Å². The zero-order valence-electron chi connectivity index (χ0n) is 10.9. The maximum absolute atomic E-state index is 11.3. The Hall–Kier alpha value is -0.630. The predicted molar refractivity (Wildman–Crippen MR) is 79.7 cm³/mol. The van der Waals surface area contributed by atoms with Gasteiger partial charge in [-0.3, -0.25) is 0 Å². The minimum absolute atomic E-state index is 0.0627. The van der Waals surface area contributed by atoms with Crippen LogP contribution in [0.5, 0.6) is 0 Å². The lowest BCUT2D eigenvalue weighted by Crippen LogP contribution is -2.41. The number of rotatable bonds is 4. The van der Waals surface area contributed by atoms with Gasteiger partial charge in [-0.2, -0.15) is 4.98 Å². The Morgan fingerprint density at radius 2 is 2.00 bits per heavy atom. The summed E-state index contributed by atoms with van der Waals surface area (Å²) in [5.74, 6) is 0.483. The van der Waals surface area contributed by atoms with E-state index in [1.165, 1.54) is 12.5 Å². The maximum atomic E-state index is 11.3. The summed E-state index contributed by atoms with van der Waals surface area (Å²) in [7, 11) is -3.19. The van der Waals surface area contributed by atoms with Crippen LogP contribution in [-0.2, 0) is 10.0 Å². The van der Waals surface area contributed by atoms with Gasteiger partial charge in [0.1, 0.15) is 10.8 Å². The lowest BCUT2D eigenvalue weighted by Gasteiger charge is -2.30. The second-order valence-corrected chi connectivity index (χ2v) is 7.46. The van der Waals surface area contributed by atoms with E-state index in [-0.39, 0.29) is 17.4 Å². The van der Waals surface area contributed by atoms with E-state index in [0.29, 0.717) is 17.3 Å². The molecule has 0 bridgehead atoms. The first-order chi connectivity index (χ1) is 9.33. The Bertz CT molecular complexity index is 582. The van der Waals surface area contributed by atoms with Crippen molar-refractivity contribution in [3.05, 3.63) is 16.5 Å². The van der Waals surface area contributed by atoms with Crippen molar-refractivity contribution in [2.75, 3.05) is 11.6 Å². The van der Waals surface area contributed by atoms with E-state index >= 15 is 0 Å². The summed E-state index contributed by atoms with van der Waals surface area (Å²) < 4.78 is 25.2. The molecule has 1 aromatic heterocycles. The van der Waals surface area contributed by atoms with Crippen LogP contribution in [0.25, 0.3) is 0 Å². The highest BCUT2D eigenvalue weighted by Crippen LogP contribution is 2.26. The van der Waals surface area contributed by atoms with Gasteiger partial charge in [0.05, 0.1) is 12.5 Å². The standard InChI is InChI=1S/C11H16Cl2N4O2S/c1-20(18,19)17-8-4-2-3-7(5-8)15-10-9(12)6-14-11(13)16-10/h6-8,17H,2-5H2,1H3,(H,14,15,16)/t7-,8+/m1/s1. The van der Waals surface area contributed by atoms with Crippen molar-refractivity contribution in [3.63, 3.8) is 0 Å². The van der Waals surface area contributed by atoms with E-state index in [1.807, 2.05) is 0 Å². The van der Waals surface area contributed by atoms with Crippen molar-refractivity contribution >= 4 is 39.0 Å². The molecule has 0 spiro atoms. The number of hydrogen-bond donors (Lipinski definition) is 2. The lowest BCUT2D eigenvalue weighted by molar-refractivity contribution is 0.386. The van der Waals surface area contributed by atoms with Crippen LogP contribution < -0.4 is 10.0 Å². The molecule has 2 rings (SSSR count). The van der Waals surface area contributed by atoms with Gasteiger partial charge >= 0.3 is 0 Å². The number of nitrogens with zero attached hydrogens (tertiary/aromatic N) is 2. The smallest absolute Gasteiger partial charge is 0.224 e. The normalized spacial score (nSPS) is 23.6. The summed E-state index contributed by atoms with van der Waals surface area (Å²) in [6.45, 7) is 0. The fraction of sp³-hybridized carbons (Fsp3) is 0.636. The number of anilines is 1. The molecule has 0 amide bonds. The molecule has 112 valence electrons. The highest BCUT2D eigenvalue weighted by Gasteiger charge is 2.24. The molecule has 0 aromatic carbocycles. The zero-order valence-corrected chi connectivity index (χ0v) is 13.3. The molecule has 1 aliphatic carbocycles. The molecule has 0 aliphatic heterocycles. The maximum Gasteiger partial charge on any atom is 0.224 e. The molecule has 0 saturated heterocycles. The molecule has 0 radical (unpaired) electrons. The van der Waals surface area contributed by atoms with Crippen LogP contribution in [0.2, 0.25) is 10.3 Å². The summed E-state index contributed by atoms with van der Waals surface area (Å²) in [6.07, 6.45) is 6.00. The first-order valence-electron chi connectivity index (χ1n) is 6.25. The molecular weight excluding hydrogens is 323 g/mol. The summed E-state index contributed by atoms with van der Waals surface area (Å²) in [4.78, 5) is 7.83. The molecule has 1 aliphatic rings. The van der Waals surface area contributed by atoms with Crippen molar-refractivity contribution in [1.82, 2.24) is 14.7 Å². The van der Waals surface area contributed by atoms with E-state index < -0.39 is 10.0 Å². The Labute approximate surface area is 128 Å². The van der Waals surface area contributed by atoms with Gasteiger partial charge in [0.2, 0.25) is 15.3 Å². The fourth-order valence-corrected chi connectivity index (χ4v) is 3.47. The van der Waals surface area contributed by atoms with Gasteiger partial charge in [0.15, 0.2) is 0 Å². The minimum Gasteiger partial charge on any atom is -0.366 e. The Morgan fingerprint density at radius 1 is 1.30 bits per heavy atom. The third-order valence-electron chi connectivity index (χ3n) is 3.11. The number of aromatic nitrogens is 2. The molecule has 1 fully saturated rings. The zero-order chi connectivity index (χ0) is 14.8. The van der Waals surface area contributed by atoms with E-state index in [4.69, 9.17) is 23.2 Å². The van der Waals surface area contributed by atoms with E-state index in [2.05, 4.69) is 20.0 Å². The Balaban J connectivity index is 2.01. The first-order valence-corrected chi connectivity index (χ1v) is 8.90. The van der Waals surface area contributed by atoms with Crippen LogP contribution in [0, 0.1) is 0 Å². The molecule has 9 heteroatoms. The van der Waals surface area contributed by atoms with Gasteiger partial charge < -0.3 is 5.32 Å². The SMILES string of the molecule is CS(=O)(=O)N[C@H]1CCC[C@@H](Nc2nc(Cl)ncc2Cl)C1. The molecule has 20 heavy (non-hydrogen) atoms. The summed E-state index contributed by atoms with van der Waals surface area (Å²) >= 11 is 11.7.